The van der Waals surface area contributed by atoms with Gasteiger partial charge >= 0.3 is 6.09 Å². The van der Waals surface area contributed by atoms with Crippen molar-refractivity contribution in [1.29, 1.82) is 0 Å². The van der Waals surface area contributed by atoms with Crippen LogP contribution in [-0.4, -0.2) is 64.1 Å². The van der Waals surface area contributed by atoms with Gasteiger partial charge in [-0.05, 0) is 69.5 Å². The van der Waals surface area contributed by atoms with Gasteiger partial charge in [-0.25, -0.2) is 9.78 Å². The minimum absolute atomic E-state index is 0.0151. The highest BCUT2D eigenvalue weighted by molar-refractivity contribution is 6.29. The lowest BCUT2D eigenvalue weighted by Gasteiger charge is -2.47. The first kappa shape index (κ1) is 26.1. The number of ether oxygens (including phenoxy) is 2. The number of amides is 2. The number of pyridine rings is 1. The number of piperidine rings is 1. The molecule has 0 aliphatic carbocycles. The largest absolute Gasteiger partial charge is 0.497 e. The molecule has 2 aromatic heterocycles. The third-order valence-electron chi connectivity index (χ3n) is 7.30. The predicted octanol–water partition coefficient (Wildman–Crippen LogP) is 5.66. The Hall–Kier alpha value is -3.52. The second-order valence-corrected chi connectivity index (χ2v) is 11.5. The number of nitrogens with zero attached hydrogens (tertiary/aromatic N) is 3. The summed E-state index contributed by atoms with van der Waals surface area (Å²) in [6.07, 6.45) is 2.78. The number of aromatic nitrogens is 2. The fraction of sp³-hybridized carbons (Fsp3) is 0.414. The normalized spacial score (nSPS) is 16.9. The minimum atomic E-state index is -0.550. The summed E-state index contributed by atoms with van der Waals surface area (Å²) in [4.78, 5) is 37.9. The Balaban J connectivity index is 1.47. The van der Waals surface area contributed by atoms with Crippen molar-refractivity contribution in [3.63, 3.8) is 0 Å². The van der Waals surface area contributed by atoms with E-state index in [2.05, 4.69) is 9.97 Å². The fourth-order valence-corrected chi connectivity index (χ4v) is 5.56. The predicted molar refractivity (Wildman–Crippen MR) is 145 cm³/mol. The lowest BCUT2D eigenvalue weighted by atomic mass is 9.72. The number of benzene rings is 1. The molecule has 38 heavy (non-hydrogen) atoms. The number of nitrogens with one attached hydrogen (secondary N) is 1. The maximum Gasteiger partial charge on any atom is 0.410 e. The smallest absolute Gasteiger partial charge is 0.410 e. The molecule has 2 amide bonds. The van der Waals surface area contributed by atoms with Crippen molar-refractivity contribution < 1.29 is 19.1 Å². The Kier molecular flexibility index (Phi) is 6.86. The fourth-order valence-electron chi connectivity index (χ4n) is 5.38. The van der Waals surface area contributed by atoms with E-state index in [1.54, 1.807) is 24.3 Å². The van der Waals surface area contributed by atoms with Crippen molar-refractivity contribution in [3.05, 3.63) is 70.6 Å². The first-order chi connectivity index (χ1) is 18.1. The van der Waals surface area contributed by atoms with Gasteiger partial charge in [0.1, 0.15) is 16.5 Å². The van der Waals surface area contributed by atoms with E-state index < -0.39 is 5.60 Å². The summed E-state index contributed by atoms with van der Waals surface area (Å²) in [5.41, 5.74) is 3.46. The Bertz CT molecular complexity index is 1340. The second kappa shape index (κ2) is 9.98. The van der Waals surface area contributed by atoms with Gasteiger partial charge < -0.3 is 24.3 Å². The van der Waals surface area contributed by atoms with Crippen molar-refractivity contribution in [1.82, 2.24) is 19.8 Å². The van der Waals surface area contributed by atoms with Gasteiger partial charge in [-0.2, -0.15) is 0 Å². The average molecular weight is 537 g/mol. The number of carbonyl (C=O) groups excluding carboxylic acids is 2. The van der Waals surface area contributed by atoms with Crippen LogP contribution in [-0.2, 0) is 16.7 Å². The molecule has 0 radical (unpaired) electrons. The van der Waals surface area contributed by atoms with Crippen LogP contribution in [0.25, 0.3) is 11.3 Å². The van der Waals surface area contributed by atoms with Crippen LogP contribution in [0.1, 0.15) is 55.2 Å². The number of carbonyl (C=O) groups is 2. The standard InChI is InChI=1S/C29H33ClN4O4/c1-28(2,3)38-27(36)33-13-10-29(11-14-33)18-34(17-19-5-7-21(37-4)8-6-19)26(35)22-16-23(32-25(22)29)20-9-12-31-24(30)15-20/h5-9,12,15-16,32H,10-11,13-14,17-18H2,1-4H3. The summed E-state index contributed by atoms with van der Waals surface area (Å²) in [6, 6.07) is 13.4. The summed E-state index contributed by atoms with van der Waals surface area (Å²) in [5, 5.41) is 0.392. The zero-order valence-corrected chi connectivity index (χ0v) is 23.0. The topological polar surface area (TPSA) is 87.8 Å². The number of hydrogen-bond acceptors (Lipinski definition) is 5. The van der Waals surface area contributed by atoms with E-state index in [-0.39, 0.29) is 17.4 Å². The molecule has 0 unspecified atom stereocenters. The van der Waals surface area contributed by atoms with E-state index in [9.17, 15) is 9.59 Å². The molecule has 1 saturated heterocycles. The summed E-state index contributed by atoms with van der Waals surface area (Å²) >= 11 is 6.16. The Labute approximate surface area is 227 Å². The average Bonchev–Trinajstić information content (AvgIpc) is 3.34. The van der Waals surface area contributed by atoms with Crippen molar-refractivity contribution in [2.75, 3.05) is 26.7 Å². The number of methoxy groups -OCH3 is 1. The van der Waals surface area contributed by atoms with E-state index in [1.165, 1.54) is 0 Å². The number of halogens is 1. The molecule has 8 nitrogen and oxygen atoms in total. The molecule has 2 aliphatic rings. The van der Waals surface area contributed by atoms with Gasteiger partial charge in [-0.15, -0.1) is 0 Å². The van der Waals surface area contributed by atoms with E-state index >= 15 is 0 Å². The van der Waals surface area contributed by atoms with Crippen LogP contribution in [0.15, 0.2) is 48.7 Å². The van der Waals surface area contributed by atoms with Crippen LogP contribution < -0.4 is 4.74 Å². The van der Waals surface area contributed by atoms with Gasteiger partial charge in [0.25, 0.3) is 5.91 Å². The van der Waals surface area contributed by atoms with E-state index in [0.29, 0.717) is 49.7 Å². The Morgan fingerprint density at radius 2 is 1.84 bits per heavy atom. The maximum atomic E-state index is 13.8. The van der Waals surface area contributed by atoms with Crippen LogP contribution >= 0.6 is 11.6 Å². The van der Waals surface area contributed by atoms with Crippen LogP contribution in [0, 0.1) is 0 Å². The number of fused-ring (bicyclic) bond motifs is 2. The molecule has 9 heteroatoms. The molecule has 4 heterocycles. The SMILES string of the molecule is COc1ccc(CN2CC3(CCN(C(=O)OC(C)(C)C)CC3)c3[nH]c(-c4ccnc(Cl)c4)cc3C2=O)cc1. The number of rotatable bonds is 4. The number of likely N-dealkylation sites (tertiary alicyclic amines) is 1. The molecule has 200 valence electrons. The lowest BCUT2D eigenvalue weighted by Crippen LogP contribution is -2.55. The number of hydrogen-bond donors (Lipinski definition) is 1. The highest BCUT2D eigenvalue weighted by Crippen LogP contribution is 2.43. The number of H-pyrrole nitrogens is 1. The zero-order valence-electron chi connectivity index (χ0n) is 22.2. The third-order valence-corrected chi connectivity index (χ3v) is 7.51. The Morgan fingerprint density at radius 3 is 2.47 bits per heavy atom. The van der Waals surface area contributed by atoms with Crippen LogP contribution in [0.3, 0.4) is 0 Å². The first-order valence-electron chi connectivity index (χ1n) is 12.8. The van der Waals surface area contributed by atoms with Gasteiger partial charge in [0, 0.05) is 54.7 Å². The third kappa shape index (κ3) is 5.23. The van der Waals surface area contributed by atoms with E-state index in [1.807, 2.05) is 62.1 Å². The van der Waals surface area contributed by atoms with Crippen LogP contribution in [0.5, 0.6) is 5.75 Å². The quantitative estimate of drug-likeness (QED) is 0.434. The zero-order chi connectivity index (χ0) is 27.1. The van der Waals surface area contributed by atoms with Crippen molar-refractivity contribution >= 4 is 23.6 Å². The van der Waals surface area contributed by atoms with Crippen molar-refractivity contribution in [3.8, 4) is 17.0 Å². The van der Waals surface area contributed by atoms with Gasteiger partial charge in [-0.3, -0.25) is 4.79 Å². The van der Waals surface area contributed by atoms with Crippen LogP contribution in [0.2, 0.25) is 5.15 Å². The molecule has 0 bridgehead atoms. The van der Waals surface area contributed by atoms with Crippen LogP contribution in [0.4, 0.5) is 4.79 Å². The van der Waals surface area contributed by atoms with Crippen molar-refractivity contribution in [2.45, 2.75) is 51.2 Å². The molecule has 1 N–H and O–H groups in total. The molecule has 3 aromatic rings. The molecule has 1 spiro atoms. The first-order valence-corrected chi connectivity index (χ1v) is 13.2. The highest BCUT2D eigenvalue weighted by Gasteiger charge is 2.47. The highest BCUT2D eigenvalue weighted by atomic mass is 35.5. The van der Waals surface area contributed by atoms with Crippen molar-refractivity contribution in [2.24, 2.45) is 0 Å². The molecular formula is C29H33ClN4O4. The number of aromatic amines is 1. The van der Waals surface area contributed by atoms with Gasteiger partial charge in [0.15, 0.2) is 0 Å². The monoisotopic (exact) mass is 536 g/mol. The Morgan fingerprint density at radius 1 is 1.13 bits per heavy atom. The molecule has 1 aromatic carbocycles. The maximum absolute atomic E-state index is 13.8. The lowest BCUT2D eigenvalue weighted by molar-refractivity contribution is 0.0120. The van der Waals surface area contributed by atoms with Gasteiger partial charge in [0.2, 0.25) is 0 Å². The minimum Gasteiger partial charge on any atom is -0.497 e. The molecule has 0 saturated carbocycles. The summed E-state index contributed by atoms with van der Waals surface area (Å²) in [6.45, 7) is 7.77. The van der Waals surface area contributed by atoms with E-state index in [4.69, 9.17) is 21.1 Å². The summed E-state index contributed by atoms with van der Waals surface area (Å²) in [7, 11) is 1.64. The second-order valence-electron chi connectivity index (χ2n) is 11.1. The summed E-state index contributed by atoms with van der Waals surface area (Å²) in [5.74, 6) is 0.761. The molecule has 5 rings (SSSR count). The molecular weight excluding hydrogens is 504 g/mol. The molecule has 0 atom stereocenters. The molecule has 1 fully saturated rings. The van der Waals surface area contributed by atoms with Gasteiger partial charge in [-0.1, -0.05) is 23.7 Å². The van der Waals surface area contributed by atoms with Gasteiger partial charge in [0.05, 0.1) is 12.7 Å². The summed E-state index contributed by atoms with van der Waals surface area (Å²) < 4.78 is 10.9. The van der Waals surface area contributed by atoms with E-state index in [0.717, 1.165) is 28.3 Å². The molecule has 2 aliphatic heterocycles.